The van der Waals surface area contributed by atoms with E-state index in [2.05, 4.69) is 0 Å². The maximum atomic E-state index is 11.9. The summed E-state index contributed by atoms with van der Waals surface area (Å²) in [5.74, 6) is -1.14. The molecule has 0 aromatic rings. The Balaban J connectivity index is 2.65. The third-order valence-electron chi connectivity index (χ3n) is 3.65. The van der Waals surface area contributed by atoms with Crippen LogP contribution in [-0.2, 0) is 9.53 Å². The molecular formula is C15H26O5. The number of carbonyl (C=O) groups excluding carboxylic acids is 1. The van der Waals surface area contributed by atoms with Gasteiger partial charge in [0.2, 0.25) is 0 Å². The first kappa shape index (κ1) is 17.1. The monoisotopic (exact) mass is 286 g/mol. The summed E-state index contributed by atoms with van der Waals surface area (Å²) in [6, 6.07) is 0. The second-order valence-corrected chi connectivity index (χ2v) is 5.61. The summed E-state index contributed by atoms with van der Waals surface area (Å²) in [6.45, 7) is 3.32. The second-order valence-electron chi connectivity index (χ2n) is 5.61. The van der Waals surface area contributed by atoms with E-state index in [0.717, 1.165) is 0 Å². The highest BCUT2D eigenvalue weighted by atomic mass is 16.6. The zero-order valence-corrected chi connectivity index (χ0v) is 12.2. The fourth-order valence-corrected chi connectivity index (χ4v) is 2.20. The Morgan fingerprint density at radius 2 is 2.15 bits per heavy atom. The van der Waals surface area contributed by atoms with Crippen molar-refractivity contribution in [1.82, 2.24) is 0 Å². The van der Waals surface area contributed by atoms with Crippen LogP contribution in [0.4, 0.5) is 0 Å². The van der Waals surface area contributed by atoms with Crippen LogP contribution in [0.25, 0.3) is 0 Å². The summed E-state index contributed by atoms with van der Waals surface area (Å²) >= 11 is 0. The maximum Gasteiger partial charge on any atom is 0.311 e. The van der Waals surface area contributed by atoms with Crippen molar-refractivity contribution in [2.45, 2.75) is 70.4 Å². The predicted molar refractivity (Wildman–Crippen MR) is 75.0 cm³/mol. The molecule has 0 aromatic heterocycles. The lowest BCUT2D eigenvalue weighted by molar-refractivity contribution is -0.163. The van der Waals surface area contributed by atoms with Crippen LogP contribution in [0, 0.1) is 5.92 Å². The molecule has 5 atom stereocenters. The van der Waals surface area contributed by atoms with Crippen LogP contribution in [-0.4, -0.2) is 45.7 Å². The molecule has 0 amide bonds. The van der Waals surface area contributed by atoms with Crippen molar-refractivity contribution >= 4 is 5.97 Å². The Labute approximate surface area is 120 Å². The SMILES string of the molecule is C[C@H](O)CCC[C@H]1OC(=O)[C@H](C)[C@H](O)/C=C\CC[C@@H]1O. The molecule has 5 nitrogen and oxygen atoms in total. The van der Waals surface area contributed by atoms with E-state index < -0.39 is 36.3 Å². The zero-order valence-electron chi connectivity index (χ0n) is 12.2. The molecule has 0 bridgehead atoms. The number of cyclic esters (lactones) is 1. The molecule has 1 rings (SSSR count). The maximum absolute atomic E-state index is 11.9. The molecule has 1 aliphatic rings. The Bertz CT molecular complexity index is 326. The van der Waals surface area contributed by atoms with E-state index in [0.29, 0.717) is 32.1 Å². The number of ether oxygens (including phenoxy) is 1. The molecule has 20 heavy (non-hydrogen) atoms. The van der Waals surface area contributed by atoms with Gasteiger partial charge in [0.15, 0.2) is 0 Å². The van der Waals surface area contributed by atoms with E-state index >= 15 is 0 Å². The van der Waals surface area contributed by atoms with E-state index in [9.17, 15) is 20.1 Å². The molecule has 0 spiro atoms. The summed E-state index contributed by atoms with van der Waals surface area (Å²) in [7, 11) is 0. The van der Waals surface area contributed by atoms with Crippen molar-refractivity contribution < 1.29 is 24.9 Å². The van der Waals surface area contributed by atoms with Crippen molar-refractivity contribution in [3.63, 3.8) is 0 Å². The lowest BCUT2D eigenvalue weighted by atomic mass is 9.98. The van der Waals surface area contributed by atoms with Crippen LogP contribution >= 0.6 is 0 Å². The molecule has 5 heteroatoms. The molecule has 1 aliphatic heterocycles. The average molecular weight is 286 g/mol. The number of aliphatic hydroxyl groups excluding tert-OH is 3. The van der Waals surface area contributed by atoms with E-state index in [1.807, 2.05) is 0 Å². The fourth-order valence-electron chi connectivity index (χ4n) is 2.20. The summed E-state index contributed by atoms with van der Waals surface area (Å²) in [6.07, 6.45) is 3.77. The molecule has 116 valence electrons. The van der Waals surface area contributed by atoms with Gasteiger partial charge >= 0.3 is 5.97 Å². The number of rotatable bonds is 4. The standard InChI is InChI=1S/C15H26O5/c1-10(16)6-5-9-14-13(18)8-4-3-7-12(17)11(2)15(19)20-14/h3,7,10-14,16-18H,4-6,8-9H2,1-2H3/b7-3-/t10-,11+,12+,13-,14+/m0/s1. The topological polar surface area (TPSA) is 87.0 Å². The first-order valence-electron chi connectivity index (χ1n) is 7.33. The van der Waals surface area contributed by atoms with Crippen LogP contribution in [0.1, 0.15) is 46.0 Å². The first-order valence-corrected chi connectivity index (χ1v) is 7.33. The van der Waals surface area contributed by atoms with Crippen molar-refractivity contribution in [3.8, 4) is 0 Å². The number of carbonyl (C=O) groups is 1. The quantitative estimate of drug-likeness (QED) is 0.533. The third kappa shape index (κ3) is 5.61. The Morgan fingerprint density at radius 1 is 1.45 bits per heavy atom. The van der Waals surface area contributed by atoms with Gasteiger partial charge in [-0.05, 0) is 46.0 Å². The van der Waals surface area contributed by atoms with Gasteiger partial charge in [0.25, 0.3) is 0 Å². The second kappa shape index (κ2) is 8.39. The summed E-state index contributed by atoms with van der Waals surface area (Å²) < 4.78 is 5.34. The number of hydrogen-bond acceptors (Lipinski definition) is 5. The molecule has 0 saturated heterocycles. The minimum atomic E-state index is -0.851. The van der Waals surface area contributed by atoms with E-state index in [1.165, 1.54) is 0 Å². The first-order chi connectivity index (χ1) is 9.41. The van der Waals surface area contributed by atoms with Crippen LogP contribution in [0.2, 0.25) is 0 Å². The van der Waals surface area contributed by atoms with E-state index in [4.69, 9.17) is 4.74 Å². The molecule has 3 N–H and O–H groups in total. The minimum absolute atomic E-state index is 0.397. The third-order valence-corrected chi connectivity index (χ3v) is 3.65. The van der Waals surface area contributed by atoms with Gasteiger partial charge in [0.05, 0.1) is 24.2 Å². The molecule has 0 aromatic carbocycles. The van der Waals surface area contributed by atoms with Crippen molar-refractivity contribution in [1.29, 1.82) is 0 Å². The summed E-state index contributed by atoms with van der Waals surface area (Å²) in [4.78, 5) is 11.9. The fraction of sp³-hybridized carbons (Fsp3) is 0.800. The molecular weight excluding hydrogens is 260 g/mol. The minimum Gasteiger partial charge on any atom is -0.459 e. The highest BCUT2D eigenvalue weighted by Gasteiger charge is 2.29. The molecule has 0 unspecified atom stereocenters. The van der Waals surface area contributed by atoms with Gasteiger partial charge in [0.1, 0.15) is 6.10 Å². The normalized spacial score (nSPS) is 35.1. The molecule has 0 aliphatic carbocycles. The average Bonchev–Trinajstić information content (AvgIpc) is 2.39. The van der Waals surface area contributed by atoms with Crippen molar-refractivity contribution in [3.05, 3.63) is 12.2 Å². The largest absolute Gasteiger partial charge is 0.459 e. The molecule has 0 saturated carbocycles. The van der Waals surface area contributed by atoms with Gasteiger partial charge in [0, 0.05) is 0 Å². The van der Waals surface area contributed by atoms with Gasteiger partial charge in [-0.2, -0.15) is 0 Å². The summed E-state index contributed by atoms with van der Waals surface area (Å²) in [5, 5.41) is 29.1. The molecule has 1 heterocycles. The Morgan fingerprint density at radius 3 is 2.80 bits per heavy atom. The van der Waals surface area contributed by atoms with Crippen LogP contribution in [0.15, 0.2) is 12.2 Å². The highest BCUT2D eigenvalue weighted by Crippen LogP contribution is 2.19. The Hall–Kier alpha value is -0.910. The van der Waals surface area contributed by atoms with Gasteiger partial charge < -0.3 is 20.1 Å². The lowest BCUT2D eigenvalue weighted by Crippen LogP contribution is -2.36. The molecule has 0 radical (unpaired) electrons. The van der Waals surface area contributed by atoms with E-state index in [-0.39, 0.29) is 0 Å². The smallest absolute Gasteiger partial charge is 0.311 e. The van der Waals surface area contributed by atoms with Crippen LogP contribution in [0.3, 0.4) is 0 Å². The number of hydrogen-bond donors (Lipinski definition) is 3. The number of esters is 1. The van der Waals surface area contributed by atoms with Gasteiger partial charge in [-0.15, -0.1) is 0 Å². The van der Waals surface area contributed by atoms with Crippen molar-refractivity contribution in [2.24, 2.45) is 5.92 Å². The summed E-state index contributed by atoms with van der Waals surface area (Å²) in [5.41, 5.74) is 0. The number of aliphatic hydroxyl groups is 3. The lowest BCUT2D eigenvalue weighted by Gasteiger charge is -2.26. The zero-order chi connectivity index (χ0) is 15.1. The highest BCUT2D eigenvalue weighted by molar-refractivity contribution is 5.73. The Kier molecular flexibility index (Phi) is 7.19. The van der Waals surface area contributed by atoms with Crippen LogP contribution in [0.5, 0.6) is 0 Å². The molecule has 0 fully saturated rings. The van der Waals surface area contributed by atoms with Gasteiger partial charge in [-0.25, -0.2) is 0 Å². The van der Waals surface area contributed by atoms with Gasteiger partial charge in [-0.1, -0.05) is 12.2 Å². The van der Waals surface area contributed by atoms with Crippen molar-refractivity contribution in [2.75, 3.05) is 0 Å². The van der Waals surface area contributed by atoms with Gasteiger partial charge in [-0.3, -0.25) is 4.79 Å². The van der Waals surface area contributed by atoms with Crippen LogP contribution < -0.4 is 0 Å². The van der Waals surface area contributed by atoms with E-state index in [1.54, 1.807) is 26.0 Å². The number of allylic oxidation sites excluding steroid dienone is 1. The predicted octanol–water partition coefficient (Wildman–Crippen LogP) is 1.16.